The first-order chi connectivity index (χ1) is 9.11. The van der Waals surface area contributed by atoms with E-state index in [0.29, 0.717) is 0 Å². The van der Waals surface area contributed by atoms with Gasteiger partial charge in [0.2, 0.25) is 0 Å². The maximum atomic E-state index is 12.2. The predicted molar refractivity (Wildman–Crippen MR) is 57.7 cm³/mol. The molecule has 0 unspecified atom stereocenters. The molecule has 6 nitrogen and oxygen atoms in total. The van der Waals surface area contributed by atoms with Gasteiger partial charge in [-0.1, -0.05) is 12.1 Å². The number of carbonyl (C=O) groups excluding carboxylic acids is 1. The third-order valence-electron chi connectivity index (χ3n) is 2.12. The van der Waals surface area contributed by atoms with Gasteiger partial charge in [0.25, 0.3) is 5.89 Å². The lowest BCUT2D eigenvalue weighted by atomic mass is 10.2. The Morgan fingerprint density at radius 2 is 2.05 bits per heavy atom. The number of hydrogen-bond acceptors (Lipinski definition) is 6. The number of rotatable bonds is 4. The van der Waals surface area contributed by atoms with Crippen molar-refractivity contribution in [3.8, 4) is 17.2 Å². The van der Waals surface area contributed by atoms with Crippen LogP contribution in [0.15, 0.2) is 28.7 Å². The molecule has 1 heterocycles. The van der Waals surface area contributed by atoms with E-state index in [4.69, 9.17) is 4.42 Å². The van der Waals surface area contributed by atoms with Crippen molar-refractivity contribution in [2.24, 2.45) is 0 Å². The van der Waals surface area contributed by atoms with Gasteiger partial charge in [-0.2, -0.15) is 8.78 Å². The van der Waals surface area contributed by atoms with Crippen LogP contribution in [0.2, 0.25) is 0 Å². The molecule has 0 amide bonds. The summed E-state index contributed by atoms with van der Waals surface area (Å²) < 4.78 is 38.2. The summed E-state index contributed by atoms with van der Waals surface area (Å²) in [6, 6.07) is 5.87. The van der Waals surface area contributed by atoms with Crippen molar-refractivity contribution in [3.05, 3.63) is 30.2 Å². The van der Waals surface area contributed by atoms with Crippen LogP contribution in [0.25, 0.3) is 11.5 Å². The molecule has 0 radical (unpaired) electrons. The lowest BCUT2D eigenvalue weighted by molar-refractivity contribution is -0.0495. The Kier molecular flexibility index (Phi) is 3.69. The zero-order chi connectivity index (χ0) is 13.8. The van der Waals surface area contributed by atoms with E-state index in [1.54, 1.807) is 6.07 Å². The van der Waals surface area contributed by atoms with Gasteiger partial charge in [-0.3, -0.25) is 0 Å². The summed E-state index contributed by atoms with van der Waals surface area (Å²) in [5, 5.41) is 7.03. The van der Waals surface area contributed by atoms with Crippen molar-refractivity contribution in [1.82, 2.24) is 10.2 Å². The summed E-state index contributed by atoms with van der Waals surface area (Å²) >= 11 is 0. The summed E-state index contributed by atoms with van der Waals surface area (Å²) in [5.41, 5.74) is 0.158. The lowest BCUT2D eigenvalue weighted by Gasteiger charge is -2.07. The highest BCUT2D eigenvalue weighted by atomic mass is 19.3. The minimum atomic E-state index is -2.98. The third kappa shape index (κ3) is 2.84. The average Bonchev–Trinajstić information content (AvgIpc) is 2.87. The molecule has 19 heavy (non-hydrogen) atoms. The fourth-order valence-electron chi connectivity index (χ4n) is 1.34. The molecular weight excluding hydrogens is 262 g/mol. The molecule has 0 aliphatic carbocycles. The van der Waals surface area contributed by atoms with Gasteiger partial charge in [-0.25, -0.2) is 4.79 Å². The monoisotopic (exact) mass is 270 g/mol. The van der Waals surface area contributed by atoms with Crippen molar-refractivity contribution in [3.63, 3.8) is 0 Å². The molecule has 0 fully saturated rings. The summed E-state index contributed by atoms with van der Waals surface area (Å²) in [7, 11) is 1.15. The van der Waals surface area contributed by atoms with E-state index >= 15 is 0 Å². The van der Waals surface area contributed by atoms with Crippen LogP contribution in [-0.4, -0.2) is 29.9 Å². The van der Waals surface area contributed by atoms with Crippen molar-refractivity contribution in [2.45, 2.75) is 6.61 Å². The van der Waals surface area contributed by atoms with Gasteiger partial charge < -0.3 is 13.9 Å². The Morgan fingerprint density at radius 1 is 1.32 bits per heavy atom. The zero-order valence-electron chi connectivity index (χ0n) is 9.67. The predicted octanol–water partition coefficient (Wildman–Crippen LogP) is 2.12. The van der Waals surface area contributed by atoms with E-state index in [9.17, 15) is 13.6 Å². The summed E-state index contributed by atoms with van der Waals surface area (Å²) in [4.78, 5) is 11.2. The number of esters is 1. The van der Waals surface area contributed by atoms with Crippen LogP contribution in [0.5, 0.6) is 5.75 Å². The fraction of sp³-hybridized carbons (Fsp3) is 0.182. The molecule has 2 rings (SSSR count). The van der Waals surface area contributed by atoms with Crippen LogP contribution in [0.3, 0.4) is 0 Å². The number of alkyl halides is 2. The Hall–Kier alpha value is -2.51. The van der Waals surface area contributed by atoms with Crippen molar-refractivity contribution in [1.29, 1.82) is 0 Å². The number of para-hydroxylation sites is 1. The normalized spacial score (nSPS) is 10.5. The van der Waals surface area contributed by atoms with Gasteiger partial charge in [-0.05, 0) is 12.1 Å². The van der Waals surface area contributed by atoms with Gasteiger partial charge in [0.15, 0.2) is 0 Å². The second kappa shape index (κ2) is 5.42. The Bertz CT molecular complexity index is 586. The molecule has 0 saturated carbocycles. The van der Waals surface area contributed by atoms with E-state index in [1.165, 1.54) is 18.2 Å². The summed E-state index contributed by atoms with van der Waals surface area (Å²) in [6.07, 6.45) is 0. The summed E-state index contributed by atoms with van der Waals surface area (Å²) in [6.45, 7) is -2.98. The molecule has 100 valence electrons. The lowest BCUT2D eigenvalue weighted by Crippen LogP contribution is -2.03. The third-order valence-corrected chi connectivity index (χ3v) is 2.12. The maximum Gasteiger partial charge on any atom is 0.396 e. The maximum absolute atomic E-state index is 12.2. The first kappa shape index (κ1) is 12.9. The molecule has 2 aromatic rings. The van der Waals surface area contributed by atoms with Crippen LogP contribution in [-0.2, 0) is 4.74 Å². The minimum Gasteiger partial charge on any atom is -0.462 e. The van der Waals surface area contributed by atoms with Crippen LogP contribution in [0.4, 0.5) is 8.78 Å². The number of carbonyl (C=O) groups is 1. The Balaban J connectivity index is 2.36. The molecule has 0 saturated heterocycles. The van der Waals surface area contributed by atoms with Crippen LogP contribution in [0, 0.1) is 0 Å². The molecule has 0 aliphatic heterocycles. The molecule has 0 spiro atoms. The number of aromatic nitrogens is 2. The molecule has 0 atom stereocenters. The highest BCUT2D eigenvalue weighted by Gasteiger charge is 2.19. The number of halogens is 2. The second-order valence-electron chi connectivity index (χ2n) is 3.28. The summed E-state index contributed by atoms with van der Waals surface area (Å²) in [5.74, 6) is -1.43. The number of benzene rings is 1. The number of methoxy groups -OCH3 is 1. The molecule has 0 aliphatic rings. The standard InChI is InChI=1S/C11H8F2N2O4/c1-17-10(16)9-15-14-8(19-9)6-4-2-3-5-7(6)18-11(12)13/h2-5,11H,1H3. The van der Waals surface area contributed by atoms with Crippen molar-refractivity contribution >= 4 is 5.97 Å². The fourth-order valence-corrected chi connectivity index (χ4v) is 1.34. The Morgan fingerprint density at radius 3 is 2.74 bits per heavy atom. The van der Waals surface area contributed by atoms with Crippen LogP contribution >= 0.6 is 0 Å². The van der Waals surface area contributed by atoms with Crippen LogP contribution in [0.1, 0.15) is 10.7 Å². The molecular formula is C11H8F2N2O4. The van der Waals surface area contributed by atoms with Crippen LogP contribution < -0.4 is 4.74 Å². The second-order valence-corrected chi connectivity index (χ2v) is 3.28. The average molecular weight is 270 g/mol. The van der Waals surface area contributed by atoms with Gasteiger partial charge in [0.1, 0.15) is 5.75 Å². The molecule has 0 bridgehead atoms. The molecule has 1 aromatic carbocycles. The van der Waals surface area contributed by atoms with Gasteiger partial charge in [-0.15, -0.1) is 10.2 Å². The van der Waals surface area contributed by atoms with E-state index < -0.39 is 12.6 Å². The van der Waals surface area contributed by atoms with Crippen molar-refractivity contribution in [2.75, 3.05) is 7.11 Å². The number of nitrogens with zero attached hydrogens (tertiary/aromatic N) is 2. The van der Waals surface area contributed by atoms with Gasteiger partial charge >= 0.3 is 18.5 Å². The highest BCUT2D eigenvalue weighted by molar-refractivity contribution is 5.84. The largest absolute Gasteiger partial charge is 0.462 e. The van der Waals surface area contributed by atoms with E-state index in [2.05, 4.69) is 19.7 Å². The van der Waals surface area contributed by atoms with E-state index in [0.717, 1.165) is 7.11 Å². The quantitative estimate of drug-likeness (QED) is 0.792. The van der Waals surface area contributed by atoms with E-state index in [-0.39, 0.29) is 23.1 Å². The minimum absolute atomic E-state index is 0.114. The topological polar surface area (TPSA) is 74.5 Å². The van der Waals surface area contributed by atoms with Crippen molar-refractivity contribution < 1.29 is 27.5 Å². The molecule has 8 heteroatoms. The first-order valence-electron chi connectivity index (χ1n) is 5.08. The first-order valence-corrected chi connectivity index (χ1v) is 5.08. The molecule has 0 N–H and O–H groups in total. The number of hydrogen-bond donors (Lipinski definition) is 0. The SMILES string of the molecule is COC(=O)c1nnc(-c2ccccc2OC(F)F)o1. The van der Waals surface area contributed by atoms with E-state index in [1.807, 2.05) is 0 Å². The highest BCUT2D eigenvalue weighted by Crippen LogP contribution is 2.29. The Labute approximate surface area is 106 Å². The van der Waals surface area contributed by atoms with Gasteiger partial charge in [0.05, 0.1) is 12.7 Å². The zero-order valence-corrected chi connectivity index (χ0v) is 9.67. The number of ether oxygens (including phenoxy) is 2. The van der Waals surface area contributed by atoms with Gasteiger partial charge in [0, 0.05) is 0 Å². The molecule has 1 aromatic heterocycles. The smallest absolute Gasteiger partial charge is 0.396 e.